The summed E-state index contributed by atoms with van der Waals surface area (Å²) in [5, 5.41) is 2.82. The molecular weight excluding hydrogens is 372 g/mol. The number of nitrogens with zero attached hydrogens (tertiary/aromatic N) is 1. The van der Waals surface area contributed by atoms with Crippen LogP contribution in [0.5, 0.6) is 0 Å². The minimum absolute atomic E-state index is 0.0430. The Morgan fingerprint density at radius 2 is 1.47 bits per heavy atom. The van der Waals surface area contributed by atoms with Gasteiger partial charge in [0.15, 0.2) is 0 Å². The first-order valence-electron chi connectivity index (χ1n) is 9.74. The third-order valence-corrected chi connectivity index (χ3v) is 4.57. The molecule has 0 aromatic heterocycles. The van der Waals surface area contributed by atoms with Gasteiger partial charge in [-0.3, -0.25) is 9.59 Å². The molecule has 3 aromatic rings. The molecule has 0 unspecified atom stereocenters. The van der Waals surface area contributed by atoms with E-state index in [0.717, 1.165) is 22.3 Å². The van der Waals surface area contributed by atoms with Crippen molar-refractivity contribution < 1.29 is 9.59 Å². The van der Waals surface area contributed by atoms with Crippen molar-refractivity contribution in [3.05, 3.63) is 95.6 Å². The van der Waals surface area contributed by atoms with Gasteiger partial charge in [-0.2, -0.15) is 0 Å². The van der Waals surface area contributed by atoms with Crippen LogP contribution in [-0.2, 0) is 11.2 Å². The number of benzene rings is 3. The van der Waals surface area contributed by atoms with Crippen LogP contribution in [0.2, 0.25) is 0 Å². The van der Waals surface area contributed by atoms with Crippen molar-refractivity contribution in [3.8, 4) is 23.0 Å². The third-order valence-electron chi connectivity index (χ3n) is 4.57. The van der Waals surface area contributed by atoms with Crippen LogP contribution in [0.3, 0.4) is 0 Å². The summed E-state index contributed by atoms with van der Waals surface area (Å²) in [5.74, 6) is 5.83. The fourth-order valence-electron chi connectivity index (χ4n) is 2.94. The Balaban J connectivity index is 1.48. The lowest BCUT2D eigenvalue weighted by atomic mass is 10.0. The molecule has 3 rings (SSSR count). The summed E-state index contributed by atoms with van der Waals surface area (Å²) in [6, 6.07) is 25.3. The SMILES string of the molecule is CN(C)C(=O)c1ccc(C#CCNC(=O)Cc2ccc(-c3ccccc3)cc2)cc1. The van der Waals surface area contributed by atoms with Crippen molar-refractivity contribution in [2.45, 2.75) is 6.42 Å². The molecule has 0 atom stereocenters. The van der Waals surface area contributed by atoms with Crippen molar-refractivity contribution >= 4 is 11.8 Å². The zero-order chi connectivity index (χ0) is 21.3. The molecule has 1 N–H and O–H groups in total. The van der Waals surface area contributed by atoms with E-state index in [1.807, 2.05) is 42.5 Å². The lowest BCUT2D eigenvalue weighted by Crippen LogP contribution is -2.25. The number of carbonyl (C=O) groups is 2. The number of carbonyl (C=O) groups excluding carboxylic acids is 2. The summed E-state index contributed by atoms with van der Waals surface area (Å²) in [7, 11) is 3.44. The van der Waals surface area contributed by atoms with Crippen molar-refractivity contribution in [3.63, 3.8) is 0 Å². The minimum atomic E-state index is -0.0660. The van der Waals surface area contributed by atoms with E-state index in [1.54, 1.807) is 38.4 Å². The van der Waals surface area contributed by atoms with Crippen LogP contribution in [0.25, 0.3) is 11.1 Å². The van der Waals surface area contributed by atoms with E-state index in [2.05, 4.69) is 29.3 Å². The molecule has 0 aliphatic rings. The van der Waals surface area contributed by atoms with Crippen LogP contribution < -0.4 is 5.32 Å². The molecule has 3 aromatic carbocycles. The second-order valence-electron chi connectivity index (χ2n) is 7.10. The molecule has 0 spiro atoms. The first-order chi connectivity index (χ1) is 14.5. The summed E-state index contributed by atoms with van der Waals surface area (Å²) in [4.78, 5) is 25.5. The average Bonchev–Trinajstić information content (AvgIpc) is 2.78. The summed E-state index contributed by atoms with van der Waals surface area (Å²) in [5.41, 5.74) is 4.67. The predicted octanol–water partition coefficient (Wildman–Crippen LogP) is 3.77. The van der Waals surface area contributed by atoms with Gasteiger partial charge >= 0.3 is 0 Å². The number of nitrogens with one attached hydrogen (secondary N) is 1. The molecule has 4 nitrogen and oxygen atoms in total. The highest BCUT2D eigenvalue weighted by Gasteiger charge is 2.06. The highest BCUT2D eigenvalue weighted by molar-refractivity contribution is 5.93. The Morgan fingerprint density at radius 1 is 0.833 bits per heavy atom. The van der Waals surface area contributed by atoms with E-state index in [0.29, 0.717) is 12.0 Å². The summed E-state index contributed by atoms with van der Waals surface area (Å²) >= 11 is 0. The molecule has 2 amide bonds. The molecule has 0 radical (unpaired) electrons. The first kappa shape index (κ1) is 20.9. The second-order valence-corrected chi connectivity index (χ2v) is 7.10. The van der Waals surface area contributed by atoms with Gasteiger partial charge in [0.25, 0.3) is 5.91 Å². The van der Waals surface area contributed by atoms with Crippen molar-refractivity contribution in [1.29, 1.82) is 0 Å². The van der Waals surface area contributed by atoms with Crippen LogP contribution in [0.1, 0.15) is 21.5 Å². The zero-order valence-corrected chi connectivity index (χ0v) is 17.2. The molecule has 0 heterocycles. The van der Waals surface area contributed by atoms with Gasteiger partial charge in [-0.25, -0.2) is 0 Å². The molecule has 4 heteroatoms. The first-order valence-corrected chi connectivity index (χ1v) is 9.74. The molecule has 0 fully saturated rings. The summed E-state index contributed by atoms with van der Waals surface area (Å²) in [6.45, 7) is 0.277. The standard InChI is InChI=1S/C26H24N2O2/c1-28(2)26(30)24-16-10-20(11-17-24)7-6-18-27-25(29)19-21-12-14-23(15-13-21)22-8-4-3-5-9-22/h3-5,8-17H,18-19H2,1-2H3,(H,27,29). The van der Waals surface area contributed by atoms with E-state index in [4.69, 9.17) is 0 Å². The lowest BCUT2D eigenvalue weighted by molar-refractivity contribution is -0.120. The maximum Gasteiger partial charge on any atom is 0.253 e. The van der Waals surface area contributed by atoms with E-state index in [-0.39, 0.29) is 18.4 Å². The topological polar surface area (TPSA) is 49.4 Å². The fraction of sp³-hybridized carbons (Fsp3) is 0.154. The molecule has 0 saturated carbocycles. The molecule has 0 bridgehead atoms. The zero-order valence-electron chi connectivity index (χ0n) is 17.2. The second kappa shape index (κ2) is 10.1. The maximum atomic E-state index is 12.1. The monoisotopic (exact) mass is 396 g/mol. The van der Waals surface area contributed by atoms with E-state index >= 15 is 0 Å². The Bertz CT molecular complexity index is 1060. The number of hydrogen-bond acceptors (Lipinski definition) is 2. The Kier molecular flexibility index (Phi) is 7.02. The average molecular weight is 396 g/mol. The van der Waals surface area contributed by atoms with Crippen LogP contribution in [0.4, 0.5) is 0 Å². The van der Waals surface area contributed by atoms with Gasteiger partial charge in [-0.15, -0.1) is 0 Å². The Hall–Kier alpha value is -3.84. The number of hydrogen-bond donors (Lipinski definition) is 1. The molecule has 150 valence electrons. The van der Waals surface area contributed by atoms with E-state index in [1.165, 1.54) is 4.90 Å². The quantitative estimate of drug-likeness (QED) is 0.668. The van der Waals surface area contributed by atoms with Crippen molar-refractivity contribution in [1.82, 2.24) is 10.2 Å². The molecule has 0 aliphatic heterocycles. The van der Waals surface area contributed by atoms with Crippen LogP contribution in [0.15, 0.2) is 78.9 Å². The molecule has 0 saturated heterocycles. The highest BCUT2D eigenvalue weighted by atomic mass is 16.2. The van der Waals surface area contributed by atoms with E-state index in [9.17, 15) is 9.59 Å². The molecule has 30 heavy (non-hydrogen) atoms. The summed E-state index contributed by atoms with van der Waals surface area (Å²) < 4.78 is 0. The smallest absolute Gasteiger partial charge is 0.253 e. The van der Waals surface area contributed by atoms with Crippen molar-refractivity contribution in [2.75, 3.05) is 20.6 Å². The number of amides is 2. The Morgan fingerprint density at radius 3 is 2.10 bits per heavy atom. The van der Waals surface area contributed by atoms with Gasteiger partial charge < -0.3 is 10.2 Å². The Labute approximate surface area is 177 Å². The van der Waals surface area contributed by atoms with Gasteiger partial charge in [0.2, 0.25) is 5.91 Å². The predicted molar refractivity (Wildman–Crippen MR) is 120 cm³/mol. The van der Waals surface area contributed by atoms with Gasteiger partial charge in [0.05, 0.1) is 13.0 Å². The minimum Gasteiger partial charge on any atom is -0.345 e. The third kappa shape index (κ3) is 5.83. The van der Waals surface area contributed by atoms with Crippen LogP contribution in [0, 0.1) is 11.8 Å². The maximum absolute atomic E-state index is 12.1. The van der Waals surface area contributed by atoms with Crippen LogP contribution in [-0.4, -0.2) is 37.4 Å². The van der Waals surface area contributed by atoms with Gasteiger partial charge in [-0.05, 0) is 41.0 Å². The van der Waals surface area contributed by atoms with Gasteiger partial charge in [-0.1, -0.05) is 66.4 Å². The largest absolute Gasteiger partial charge is 0.345 e. The summed E-state index contributed by atoms with van der Waals surface area (Å²) in [6.07, 6.45) is 0.318. The lowest BCUT2D eigenvalue weighted by Gasteiger charge is -2.09. The normalized spacial score (nSPS) is 9.93. The van der Waals surface area contributed by atoms with Gasteiger partial charge in [0, 0.05) is 25.2 Å². The van der Waals surface area contributed by atoms with Crippen LogP contribution >= 0.6 is 0 Å². The van der Waals surface area contributed by atoms with Crippen molar-refractivity contribution in [2.24, 2.45) is 0 Å². The fourth-order valence-corrected chi connectivity index (χ4v) is 2.94. The molecular formula is C26H24N2O2. The highest BCUT2D eigenvalue weighted by Crippen LogP contribution is 2.19. The number of rotatable bonds is 5. The molecule has 0 aliphatic carbocycles. The van der Waals surface area contributed by atoms with Gasteiger partial charge in [0.1, 0.15) is 0 Å². The van der Waals surface area contributed by atoms with E-state index < -0.39 is 0 Å².